The van der Waals surface area contributed by atoms with Gasteiger partial charge >= 0.3 is 11.9 Å². The Balaban J connectivity index is 1.36. The maximum absolute atomic E-state index is 13.7. The average Bonchev–Trinajstić information content (AvgIpc) is 3.16. The SMILES string of the molecule is CC(C)C[C@H](NC(=O)CCC(=O)OCC(=O)[C@@]1(O)CC[C@H]2[C@@H]3CCC4=CC(=O)CC[C@]4(C)[C@H]3C(=O)C[C@@]21C)C(=O)O. The molecule has 0 aliphatic heterocycles. The number of aliphatic carboxylic acids is 1. The highest BCUT2D eigenvalue weighted by molar-refractivity contribution is 5.95. The van der Waals surface area contributed by atoms with Crippen LogP contribution in [0.3, 0.4) is 0 Å². The third kappa shape index (κ3) is 5.64. The van der Waals surface area contributed by atoms with E-state index in [1.54, 1.807) is 13.0 Å². The van der Waals surface area contributed by atoms with Crippen LogP contribution in [0.25, 0.3) is 0 Å². The molecular formula is C31H43NO9. The number of fused-ring (bicyclic) bond motifs is 5. The maximum Gasteiger partial charge on any atom is 0.326 e. The second kappa shape index (κ2) is 11.4. The van der Waals surface area contributed by atoms with Crippen LogP contribution >= 0.6 is 0 Å². The van der Waals surface area contributed by atoms with Crippen LogP contribution in [-0.4, -0.2) is 63.7 Å². The van der Waals surface area contributed by atoms with Crippen molar-refractivity contribution in [1.82, 2.24) is 5.32 Å². The number of ether oxygens (including phenoxy) is 1. The van der Waals surface area contributed by atoms with E-state index in [4.69, 9.17) is 4.74 Å². The van der Waals surface area contributed by atoms with Crippen LogP contribution in [0.5, 0.6) is 0 Å². The monoisotopic (exact) mass is 573 g/mol. The van der Waals surface area contributed by atoms with Crippen molar-refractivity contribution < 1.29 is 43.7 Å². The van der Waals surface area contributed by atoms with Crippen molar-refractivity contribution in [3.05, 3.63) is 11.6 Å². The summed E-state index contributed by atoms with van der Waals surface area (Å²) in [6.45, 7) is 6.89. The number of carbonyl (C=O) groups is 6. The van der Waals surface area contributed by atoms with E-state index in [2.05, 4.69) is 12.2 Å². The Kier molecular flexibility index (Phi) is 8.65. The van der Waals surface area contributed by atoms with Gasteiger partial charge in [-0.05, 0) is 67.8 Å². The zero-order valence-electron chi connectivity index (χ0n) is 24.5. The minimum atomic E-state index is -1.82. The van der Waals surface area contributed by atoms with Crippen molar-refractivity contribution in [2.45, 2.75) is 104 Å². The minimum absolute atomic E-state index is 0.00446. The number of nitrogens with one attached hydrogen (secondary N) is 1. The largest absolute Gasteiger partial charge is 0.480 e. The number of allylic oxidation sites excluding steroid dienone is 1. The fourth-order valence-electron chi connectivity index (χ4n) is 8.36. The van der Waals surface area contributed by atoms with Gasteiger partial charge in [-0.1, -0.05) is 33.3 Å². The molecule has 0 aromatic carbocycles. The van der Waals surface area contributed by atoms with Crippen LogP contribution < -0.4 is 5.32 Å². The first kappa shape index (κ1) is 31.1. The van der Waals surface area contributed by atoms with E-state index < -0.39 is 47.3 Å². The molecule has 1 amide bonds. The van der Waals surface area contributed by atoms with Gasteiger partial charge in [-0.25, -0.2) is 4.79 Å². The Bertz CT molecular complexity index is 1170. The van der Waals surface area contributed by atoms with Crippen molar-refractivity contribution in [2.75, 3.05) is 6.61 Å². The van der Waals surface area contributed by atoms with E-state index in [0.29, 0.717) is 19.3 Å². The molecule has 0 aromatic rings. The van der Waals surface area contributed by atoms with E-state index in [1.807, 2.05) is 13.8 Å². The first-order valence-electron chi connectivity index (χ1n) is 14.8. The molecule has 7 atom stereocenters. The quantitative estimate of drug-likeness (QED) is 0.333. The summed E-state index contributed by atoms with van der Waals surface area (Å²) in [5, 5.41) is 23.4. The highest BCUT2D eigenvalue weighted by Crippen LogP contribution is 2.66. The standard InChI is InChI=1S/C31H43NO9/c1-17(2)13-22(28(38)39)32-25(36)7-8-26(37)41-16-24(35)31(40)12-10-21-20-6-5-18-14-19(33)9-11-29(18,3)27(20)23(34)15-30(21,31)4/h14,17,20-22,27,40H,5-13,15-16H2,1-4H3,(H,32,36)(H,38,39)/t20-,21-,22-,27+,29-,30-,31-/m0/s1. The van der Waals surface area contributed by atoms with Crippen molar-refractivity contribution in [1.29, 1.82) is 0 Å². The molecule has 0 bridgehead atoms. The number of ketones is 3. The van der Waals surface area contributed by atoms with Gasteiger partial charge in [-0.2, -0.15) is 0 Å². The molecular weight excluding hydrogens is 530 g/mol. The van der Waals surface area contributed by atoms with E-state index >= 15 is 0 Å². The molecule has 0 radical (unpaired) electrons. The Morgan fingerprint density at radius 2 is 1.78 bits per heavy atom. The van der Waals surface area contributed by atoms with Crippen LogP contribution in [0.1, 0.15) is 91.9 Å². The number of amides is 1. The summed E-state index contributed by atoms with van der Waals surface area (Å²) >= 11 is 0. The Morgan fingerprint density at radius 3 is 2.44 bits per heavy atom. The first-order chi connectivity index (χ1) is 19.1. The molecule has 4 aliphatic carbocycles. The van der Waals surface area contributed by atoms with Gasteiger partial charge in [0.1, 0.15) is 17.4 Å². The number of carboxylic acids is 1. The summed E-state index contributed by atoms with van der Waals surface area (Å²) in [7, 11) is 0. The number of aliphatic hydroxyl groups is 1. The van der Waals surface area contributed by atoms with E-state index in [1.165, 1.54) is 0 Å². The van der Waals surface area contributed by atoms with Crippen molar-refractivity contribution in [3.63, 3.8) is 0 Å². The Morgan fingerprint density at radius 1 is 1.07 bits per heavy atom. The van der Waals surface area contributed by atoms with E-state index in [-0.39, 0.29) is 72.8 Å². The summed E-state index contributed by atoms with van der Waals surface area (Å²) < 4.78 is 5.13. The normalized spacial score (nSPS) is 35.1. The van der Waals surface area contributed by atoms with Gasteiger partial charge in [0, 0.05) is 30.6 Å². The maximum atomic E-state index is 13.7. The molecule has 226 valence electrons. The number of hydrogen-bond acceptors (Lipinski definition) is 8. The highest BCUT2D eigenvalue weighted by Gasteiger charge is 2.68. The van der Waals surface area contributed by atoms with Crippen LogP contribution in [0.2, 0.25) is 0 Å². The van der Waals surface area contributed by atoms with Crippen LogP contribution in [0.15, 0.2) is 11.6 Å². The molecule has 0 aromatic heterocycles. The fourth-order valence-corrected chi connectivity index (χ4v) is 8.36. The number of hydrogen-bond donors (Lipinski definition) is 3. The van der Waals surface area contributed by atoms with Crippen molar-refractivity contribution in [3.8, 4) is 0 Å². The summed E-state index contributed by atoms with van der Waals surface area (Å²) in [5.74, 6) is -3.34. The number of carboxylic acid groups (broad SMARTS) is 1. The summed E-state index contributed by atoms with van der Waals surface area (Å²) in [6, 6.07) is -1.06. The second-order valence-electron chi connectivity index (χ2n) is 13.5. The minimum Gasteiger partial charge on any atom is -0.480 e. The smallest absolute Gasteiger partial charge is 0.326 e. The molecule has 0 unspecified atom stereocenters. The lowest BCUT2D eigenvalue weighted by Gasteiger charge is -2.57. The van der Waals surface area contributed by atoms with Gasteiger partial charge in [0.15, 0.2) is 12.4 Å². The molecule has 3 N–H and O–H groups in total. The van der Waals surface area contributed by atoms with Gasteiger partial charge in [-0.15, -0.1) is 0 Å². The number of esters is 1. The zero-order chi connectivity index (χ0) is 30.3. The summed E-state index contributed by atoms with van der Waals surface area (Å²) in [6.07, 6.45) is 4.66. The molecule has 0 spiro atoms. The molecule has 0 heterocycles. The molecule has 4 aliphatic rings. The third-order valence-corrected chi connectivity index (χ3v) is 10.5. The Hall–Kier alpha value is -2.88. The van der Waals surface area contributed by atoms with Crippen LogP contribution in [0, 0.1) is 34.5 Å². The van der Waals surface area contributed by atoms with Crippen molar-refractivity contribution >= 4 is 35.2 Å². The lowest BCUT2D eigenvalue weighted by atomic mass is 9.46. The van der Waals surface area contributed by atoms with E-state index in [9.17, 15) is 39.0 Å². The zero-order valence-corrected chi connectivity index (χ0v) is 24.5. The van der Waals surface area contributed by atoms with Gasteiger partial charge in [0.05, 0.1) is 6.42 Å². The molecule has 10 heteroatoms. The molecule has 3 fully saturated rings. The first-order valence-corrected chi connectivity index (χ1v) is 14.8. The number of Topliss-reactive ketones (excluding diaryl/α,β-unsaturated/α-hetero) is 2. The fraction of sp³-hybridized carbons (Fsp3) is 0.742. The van der Waals surface area contributed by atoms with Crippen LogP contribution in [-0.2, 0) is 33.5 Å². The lowest BCUT2D eigenvalue weighted by molar-refractivity contribution is -0.173. The molecule has 0 saturated heterocycles. The third-order valence-electron chi connectivity index (χ3n) is 10.5. The van der Waals surface area contributed by atoms with Gasteiger partial charge in [-0.3, -0.25) is 24.0 Å². The van der Waals surface area contributed by atoms with Gasteiger partial charge in [0.25, 0.3) is 0 Å². The van der Waals surface area contributed by atoms with E-state index in [0.717, 1.165) is 18.4 Å². The number of carbonyl (C=O) groups excluding carboxylic acids is 5. The summed E-state index contributed by atoms with van der Waals surface area (Å²) in [4.78, 5) is 75.0. The predicted molar refractivity (Wildman–Crippen MR) is 146 cm³/mol. The number of rotatable bonds is 10. The van der Waals surface area contributed by atoms with Crippen molar-refractivity contribution in [2.24, 2.45) is 34.5 Å². The molecule has 4 rings (SSSR count). The lowest BCUT2D eigenvalue weighted by Crippen LogP contribution is -2.61. The van der Waals surface area contributed by atoms with Gasteiger partial charge < -0.3 is 20.3 Å². The molecule has 3 saturated carbocycles. The molecule has 41 heavy (non-hydrogen) atoms. The Labute approximate surface area is 240 Å². The topological polar surface area (TPSA) is 164 Å². The molecule has 10 nitrogen and oxygen atoms in total. The second-order valence-corrected chi connectivity index (χ2v) is 13.5. The average molecular weight is 574 g/mol. The summed E-state index contributed by atoms with van der Waals surface area (Å²) in [5.41, 5.74) is -2.13. The van der Waals surface area contributed by atoms with Crippen LogP contribution in [0.4, 0.5) is 0 Å². The highest BCUT2D eigenvalue weighted by atomic mass is 16.5. The predicted octanol–water partition coefficient (Wildman–Crippen LogP) is 2.94. The van der Waals surface area contributed by atoms with Gasteiger partial charge in [0.2, 0.25) is 11.7 Å².